The molecule has 11 rings (SSSR count). The van der Waals surface area contributed by atoms with Gasteiger partial charge in [0, 0.05) is 22.4 Å². The predicted molar refractivity (Wildman–Crippen MR) is 253 cm³/mol. The Bertz CT molecular complexity index is 3160. The van der Waals surface area contributed by atoms with Gasteiger partial charge in [-0.1, -0.05) is 206 Å². The molecular weight excluding hydrogens is 727 g/mol. The molecule has 280 valence electrons. The van der Waals surface area contributed by atoms with Crippen molar-refractivity contribution in [3.05, 3.63) is 235 Å². The Morgan fingerprint density at radius 2 is 0.915 bits per heavy atom. The molecule has 0 radical (unpaired) electrons. The first-order valence-corrected chi connectivity index (χ1v) is 23.7. The molecule has 0 fully saturated rings. The standard InChI is InChI=1S/C57H43NSi/c1-59(2)55-25-15-13-23-50(55)57(43-28-26-41(27-29-43)39-16-6-3-7-17-39)51-35-32-46(38-56(51)59)58-53-24-14-12-22-48(53)49-34-31-45(37-54(49)58)52-36-44(40-18-8-4-9-19-40)30-33-47(52)42-20-10-5-11-21-42/h3-38,57H,1-2H3. The number of hydrogen-bond acceptors (Lipinski definition) is 0. The van der Waals surface area contributed by atoms with Crippen LogP contribution in [0.5, 0.6) is 0 Å². The molecule has 0 saturated carbocycles. The van der Waals surface area contributed by atoms with E-state index in [2.05, 4.69) is 236 Å². The van der Waals surface area contributed by atoms with E-state index >= 15 is 0 Å². The minimum Gasteiger partial charge on any atom is -0.309 e. The van der Waals surface area contributed by atoms with Crippen LogP contribution in [-0.4, -0.2) is 12.6 Å². The van der Waals surface area contributed by atoms with E-state index in [1.165, 1.54) is 99.1 Å². The quantitative estimate of drug-likeness (QED) is 0.148. The van der Waals surface area contributed by atoms with Gasteiger partial charge in [0.25, 0.3) is 0 Å². The van der Waals surface area contributed by atoms with E-state index in [0.717, 1.165) is 0 Å². The van der Waals surface area contributed by atoms with Crippen LogP contribution in [0.2, 0.25) is 13.1 Å². The maximum Gasteiger partial charge on any atom is 0.113 e. The molecule has 1 aliphatic heterocycles. The van der Waals surface area contributed by atoms with Crippen LogP contribution in [0, 0.1) is 0 Å². The molecule has 1 aliphatic rings. The van der Waals surface area contributed by atoms with Crippen LogP contribution < -0.4 is 10.4 Å². The molecule has 0 amide bonds. The van der Waals surface area contributed by atoms with Crippen molar-refractivity contribution >= 4 is 40.3 Å². The molecule has 2 heteroatoms. The van der Waals surface area contributed by atoms with Gasteiger partial charge in [0.1, 0.15) is 8.07 Å². The van der Waals surface area contributed by atoms with Gasteiger partial charge in [0.15, 0.2) is 0 Å². The third-order valence-electron chi connectivity index (χ3n) is 12.8. The van der Waals surface area contributed by atoms with E-state index in [0.29, 0.717) is 0 Å². The lowest BCUT2D eigenvalue weighted by atomic mass is 9.84. The smallest absolute Gasteiger partial charge is 0.113 e. The second-order valence-electron chi connectivity index (χ2n) is 16.5. The molecule has 1 aromatic heterocycles. The molecule has 0 bridgehead atoms. The van der Waals surface area contributed by atoms with Gasteiger partial charge in [-0.25, -0.2) is 0 Å². The van der Waals surface area contributed by atoms with Crippen molar-refractivity contribution in [1.29, 1.82) is 0 Å². The highest BCUT2D eigenvalue weighted by atomic mass is 28.3. The summed E-state index contributed by atoms with van der Waals surface area (Å²) in [6.45, 7) is 5.08. The molecule has 10 aromatic rings. The van der Waals surface area contributed by atoms with Crippen LogP contribution in [-0.2, 0) is 0 Å². The van der Waals surface area contributed by atoms with Gasteiger partial charge in [-0.2, -0.15) is 0 Å². The van der Waals surface area contributed by atoms with Crippen LogP contribution >= 0.6 is 0 Å². The average Bonchev–Trinajstić information content (AvgIpc) is 3.63. The zero-order valence-corrected chi connectivity index (χ0v) is 34.3. The van der Waals surface area contributed by atoms with Crippen LogP contribution in [0.25, 0.3) is 72.0 Å². The van der Waals surface area contributed by atoms with Crippen LogP contribution in [0.15, 0.2) is 218 Å². The molecule has 0 saturated heterocycles. The number of para-hydroxylation sites is 1. The van der Waals surface area contributed by atoms with E-state index in [9.17, 15) is 0 Å². The highest BCUT2D eigenvalue weighted by Gasteiger charge is 2.39. The van der Waals surface area contributed by atoms with Gasteiger partial charge in [-0.15, -0.1) is 0 Å². The highest BCUT2D eigenvalue weighted by molar-refractivity contribution is 7.01. The van der Waals surface area contributed by atoms with E-state index < -0.39 is 8.07 Å². The summed E-state index contributed by atoms with van der Waals surface area (Å²) in [4.78, 5) is 0. The molecule has 9 aromatic carbocycles. The van der Waals surface area contributed by atoms with Gasteiger partial charge >= 0.3 is 0 Å². The fraction of sp³-hybridized carbons (Fsp3) is 0.0526. The van der Waals surface area contributed by atoms with E-state index in [1.54, 1.807) is 0 Å². The summed E-state index contributed by atoms with van der Waals surface area (Å²) in [5.41, 5.74) is 17.7. The second-order valence-corrected chi connectivity index (χ2v) is 20.8. The fourth-order valence-corrected chi connectivity index (χ4v) is 13.1. The first kappa shape index (κ1) is 35.2. The third kappa shape index (κ3) is 5.90. The van der Waals surface area contributed by atoms with Crippen LogP contribution in [0.3, 0.4) is 0 Å². The molecule has 0 aliphatic carbocycles. The van der Waals surface area contributed by atoms with Crippen LogP contribution in [0.4, 0.5) is 0 Å². The molecule has 1 nitrogen and oxygen atoms in total. The Labute approximate surface area is 347 Å². The van der Waals surface area contributed by atoms with Crippen molar-refractivity contribution in [2.75, 3.05) is 0 Å². The van der Waals surface area contributed by atoms with Crippen molar-refractivity contribution < 1.29 is 0 Å². The van der Waals surface area contributed by atoms with E-state index in [4.69, 9.17) is 0 Å². The lowest BCUT2D eigenvalue weighted by Crippen LogP contribution is -2.59. The summed E-state index contributed by atoms with van der Waals surface area (Å²) in [7, 11) is -2.11. The largest absolute Gasteiger partial charge is 0.309 e. The Morgan fingerprint density at radius 3 is 1.66 bits per heavy atom. The Balaban J connectivity index is 1.10. The van der Waals surface area contributed by atoms with Gasteiger partial charge in [-0.3, -0.25) is 0 Å². The molecule has 1 unspecified atom stereocenters. The van der Waals surface area contributed by atoms with E-state index in [-0.39, 0.29) is 5.92 Å². The zero-order valence-electron chi connectivity index (χ0n) is 33.3. The summed E-state index contributed by atoms with van der Waals surface area (Å²) in [5.74, 6) is 0.165. The third-order valence-corrected chi connectivity index (χ3v) is 16.4. The molecule has 0 spiro atoms. The summed E-state index contributed by atoms with van der Waals surface area (Å²) >= 11 is 0. The molecule has 2 heterocycles. The van der Waals surface area contributed by atoms with Crippen molar-refractivity contribution in [2.24, 2.45) is 0 Å². The predicted octanol–water partition coefficient (Wildman–Crippen LogP) is 13.8. The first-order valence-electron chi connectivity index (χ1n) is 20.7. The number of rotatable bonds is 6. The normalized spacial score (nSPS) is 14.2. The number of hydrogen-bond donors (Lipinski definition) is 0. The van der Waals surface area contributed by atoms with Crippen molar-refractivity contribution in [2.45, 2.75) is 19.0 Å². The second kappa shape index (κ2) is 14.1. The SMILES string of the molecule is C[Si]1(C)c2ccccc2C(c2ccc(-c3ccccc3)cc2)c2ccc(-n3c4ccccc4c4ccc(-c5cc(-c6ccccc6)ccc5-c5ccccc5)cc43)cc21. The van der Waals surface area contributed by atoms with Crippen molar-refractivity contribution in [3.8, 4) is 50.2 Å². The number of aromatic nitrogens is 1. The minimum absolute atomic E-state index is 0.165. The Hall–Kier alpha value is -7.00. The lowest BCUT2D eigenvalue weighted by Gasteiger charge is -2.39. The number of benzene rings is 9. The zero-order chi connectivity index (χ0) is 39.5. The maximum atomic E-state index is 2.55. The summed E-state index contributed by atoms with van der Waals surface area (Å²) < 4.78 is 2.52. The molecular formula is C57H43NSi. The fourth-order valence-electron chi connectivity index (χ4n) is 9.84. The van der Waals surface area contributed by atoms with Crippen molar-refractivity contribution in [3.63, 3.8) is 0 Å². The average molecular weight is 770 g/mol. The molecule has 59 heavy (non-hydrogen) atoms. The monoisotopic (exact) mass is 769 g/mol. The van der Waals surface area contributed by atoms with Gasteiger partial charge < -0.3 is 4.57 Å². The lowest BCUT2D eigenvalue weighted by molar-refractivity contribution is 0.980. The van der Waals surface area contributed by atoms with Gasteiger partial charge in [-0.05, 0) is 96.7 Å². The van der Waals surface area contributed by atoms with E-state index in [1.807, 2.05) is 0 Å². The Kier molecular flexibility index (Phi) is 8.42. The first-order chi connectivity index (χ1) is 29.0. The summed E-state index contributed by atoms with van der Waals surface area (Å²) in [5, 5.41) is 5.57. The maximum absolute atomic E-state index is 2.55. The van der Waals surface area contributed by atoms with Crippen LogP contribution in [0.1, 0.15) is 22.6 Å². The highest BCUT2D eigenvalue weighted by Crippen LogP contribution is 2.41. The minimum atomic E-state index is -2.11. The number of fused-ring (bicyclic) bond motifs is 5. The van der Waals surface area contributed by atoms with Crippen molar-refractivity contribution in [1.82, 2.24) is 4.57 Å². The molecule has 0 N–H and O–H groups in total. The summed E-state index contributed by atoms with van der Waals surface area (Å²) in [6.07, 6.45) is 0. The summed E-state index contributed by atoms with van der Waals surface area (Å²) in [6, 6.07) is 81.1. The number of nitrogens with zero attached hydrogens (tertiary/aromatic N) is 1. The molecule has 1 atom stereocenters. The topological polar surface area (TPSA) is 4.93 Å². The van der Waals surface area contributed by atoms with Gasteiger partial charge in [0.2, 0.25) is 0 Å². The van der Waals surface area contributed by atoms with Gasteiger partial charge in [0.05, 0.1) is 11.0 Å². The Morgan fingerprint density at radius 1 is 0.356 bits per heavy atom.